The van der Waals surface area contributed by atoms with Crippen molar-refractivity contribution < 1.29 is 13.8 Å². The highest BCUT2D eigenvalue weighted by atomic mass is 16.5. The Morgan fingerprint density at radius 3 is 2.62 bits per heavy atom. The van der Waals surface area contributed by atoms with E-state index in [0.29, 0.717) is 30.4 Å². The standard InChI is InChI=1S/C17H16N4O3/c1-11-7-15(19-24-11)17(22)21-8-13(12-5-3-2-4-6-12)14(9-21)16-18-10-23-20-16/h2-7,10,13-14H,8-9H2,1H3. The van der Waals surface area contributed by atoms with Crippen LogP contribution < -0.4 is 0 Å². The van der Waals surface area contributed by atoms with E-state index in [1.165, 1.54) is 6.39 Å². The number of benzene rings is 1. The summed E-state index contributed by atoms with van der Waals surface area (Å²) >= 11 is 0. The van der Waals surface area contributed by atoms with Crippen molar-refractivity contribution in [3.05, 3.63) is 65.6 Å². The zero-order valence-electron chi connectivity index (χ0n) is 13.1. The first-order valence-corrected chi connectivity index (χ1v) is 7.76. The molecule has 0 aliphatic carbocycles. The van der Waals surface area contributed by atoms with Crippen molar-refractivity contribution in [1.82, 2.24) is 20.2 Å². The molecule has 3 aromatic rings. The molecule has 0 radical (unpaired) electrons. The van der Waals surface area contributed by atoms with E-state index in [0.717, 1.165) is 5.56 Å². The first-order chi connectivity index (χ1) is 11.7. The average molecular weight is 324 g/mol. The van der Waals surface area contributed by atoms with Gasteiger partial charge in [0.05, 0.1) is 0 Å². The van der Waals surface area contributed by atoms with E-state index >= 15 is 0 Å². The molecule has 24 heavy (non-hydrogen) atoms. The highest BCUT2D eigenvalue weighted by Crippen LogP contribution is 2.38. The summed E-state index contributed by atoms with van der Waals surface area (Å²) in [4.78, 5) is 18.7. The molecule has 0 saturated carbocycles. The molecule has 4 rings (SSSR count). The molecule has 1 fully saturated rings. The summed E-state index contributed by atoms with van der Waals surface area (Å²) in [7, 11) is 0. The van der Waals surface area contributed by atoms with E-state index in [4.69, 9.17) is 9.05 Å². The second kappa shape index (κ2) is 5.92. The first-order valence-electron chi connectivity index (χ1n) is 7.76. The molecule has 7 heteroatoms. The number of nitrogens with zero attached hydrogens (tertiary/aromatic N) is 4. The van der Waals surface area contributed by atoms with E-state index in [1.54, 1.807) is 17.9 Å². The highest BCUT2D eigenvalue weighted by Gasteiger charge is 2.40. The number of likely N-dealkylation sites (tertiary alicyclic amines) is 1. The summed E-state index contributed by atoms with van der Waals surface area (Å²) in [5, 5.41) is 7.82. The van der Waals surface area contributed by atoms with Crippen molar-refractivity contribution in [2.75, 3.05) is 13.1 Å². The van der Waals surface area contributed by atoms with Crippen LogP contribution in [0.1, 0.15) is 39.5 Å². The van der Waals surface area contributed by atoms with Crippen LogP contribution in [0, 0.1) is 6.92 Å². The topological polar surface area (TPSA) is 85.3 Å². The van der Waals surface area contributed by atoms with Gasteiger partial charge in [0.2, 0.25) is 6.39 Å². The van der Waals surface area contributed by atoms with Gasteiger partial charge >= 0.3 is 0 Å². The predicted molar refractivity (Wildman–Crippen MR) is 83.4 cm³/mol. The highest BCUT2D eigenvalue weighted by molar-refractivity contribution is 5.92. The van der Waals surface area contributed by atoms with Crippen molar-refractivity contribution >= 4 is 5.91 Å². The Bertz CT molecular complexity index is 829. The Morgan fingerprint density at radius 2 is 1.96 bits per heavy atom. The molecule has 3 heterocycles. The van der Waals surface area contributed by atoms with E-state index < -0.39 is 0 Å². The third kappa shape index (κ3) is 2.58. The minimum atomic E-state index is -0.140. The minimum Gasteiger partial charge on any atom is -0.361 e. The van der Waals surface area contributed by atoms with Crippen LogP contribution >= 0.6 is 0 Å². The summed E-state index contributed by atoms with van der Waals surface area (Å²) in [6, 6.07) is 11.7. The number of hydrogen-bond donors (Lipinski definition) is 0. The Balaban J connectivity index is 1.64. The molecular weight excluding hydrogens is 308 g/mol. The zero-order chi connectivity index (χ0) is 16.5. The molecule has 1 amide bonds. The van der Waals surface area contributed by atoms with Crippen LogP contribution in [0.25, 0.3) is 0 Å². The van der Waals surface area contributed by atoms with Crippen LogP contribution in [-0.2, 0) is 0 Å². The van der Waals surface area contributed by atoms with E-state index in [2.05, 4.69) is 27.4 Å². The SMILES string of the molecule is Cc1cc(C(=O)N2CC(c3ccccc3)C(c3ncon3)C2)no1. The van der Waals surface area contributed by atoms with Crippen LogP contribution in [0.5, 0.6) is 0 Å². The van der Waals surface area contributed by atoms with Gasteiger partial charge in [-0.1, -0.05) is 40.6 Å². The van der Waals surface area contributed by atoms with Gasteiger partial charge in [0.15, 0.2) is 11.5 Å². The number of aromatic nitrogens is 3. The van der Waals surface area contributed by atoms with E-state index in [9.17, 15) is 4.79 Å². The number of aryl methyl sites for hydroxylation is 1. The van der Waals surface area contributed by atoms with Crippen LogP contribution in [0.3, 0.4) is 0 Å². The number of amides is 1. The number of carbonyl (C=O) groups is 1. The van der Waals surface area contributed by atoms with Crippen molar-refractivity contribution in [2.24, 2.45) is 0 Å². The lowest BCUT2D eigenvalue weighted by Crippen LogP contribution is -2.29. The predicted octanol–water partition coefficient (Wildman–Crippen LogP) is 2.39. The molecule has 0 N–H and O–H groups in total. The third-order valence-corrected chi connectivity index (χ3v) is 4.39. The fourth-order valence-corrected chi connectivity index (χ4v) is 3.24. The second-order valence-corrected chi connectivity index (χ2v) is 5.95. The molecule has 1 aromatic carbocycles. The molecule has 1 aliphatic heterocycles. The molecule has 0 bridgehead atoms. The van der Waals surface area contributed by atoms with Crippen LogP contribution in [0.4, 0.5) is 0 Å². The normalized spacial score (nSPS) is 20.5. The lowest BCUT2D eigenvalue weighted by atomic mass is 9.88. The fourth-order valence-electron chi connectivity index (χ4n) is 3.24. The maximum atomic E-state index is 12.7. The molecule has 2 atom stereocenters. The molecular formula is C17H16N4O3. The molecule has 1 saturated heterocycles. The van der Waals surface area contributed by atoms with Crippen molar-refractivity contribution in [3.63, 3.8) is 0 Å². The molecule has 2 aromatic heterocycles. The van der Waals surface area contributed by atoms with Crippen molar-refractivity contribution in [1.29, 1.82) is 0 Å². The van der Waals surface area contributed by atoms with Gasteiger partial charge in [0.1, 0.15) is 5.76 Å². The lowest BCUT2D eigenvalue weighted by Gasteiger charge is -2.15. The summed E-state index contributed by atoms with van der Waals surface area (Å²) in [5.41, 5.74) is 1.48. The van der Waals surface area contributed by atoms with E-state index in [1.807, 2.05) is 18.2 Å². The Morgan fingerprint density at radius 1 is 1.17 bits per heavy atom. The Labute approximate surface area is 138 Å². The monoisotopic (exact) mass is 324 g/mol. The second-order valence-electron chi connectivity index (χ2n) is 5.95. The Hall–Kier alpha value is -2.96. The first kappa shape index (κ1) is 14.6. The lowest BCUT2D eigenvalue weighted by molar-refractivity contribution is 0.0778. The maximum absolute atomic E-state index is 12.7. The van der Waals surface area contributed by atoms with Gasteiger partial charge in [-0.15, -0.1) is 0 Å². The van der Waals surface area contributed by atoms with E-state index in [-0.39, 0.29) is 17.7 Å². The molecule has 7 nitrogen and oxygen atoms in total. The van der Waals surface area contributed by atoms with Gasteiger partial charge in [0.25, 0.3) is 5.91 Å². The van der Waals surface area contributed by atoms with Crippen LogP contribution in [0.15, 0.2) is 51.8 Å². The van der Waals surface area contributed by atoms with Gasteiger partial charge in [-0.25, -0.2) is 0 Å². The number of rotatable bonds is 3. The number of hydrogen-bond acceptors (Lipinski definition) is 6. The summed E-state index contributed by atoms with van der Waals surface area (Å²) in [5.74, 6) is 1.20. The Kier molecular flexibility index (Phi) is 3.60. The average Bonchev–Trinajstić information content (AvgIpc) is 3.35. The summed E-state index contributed by atoms with van der Waals surface area (Å²) < 4.78 is 9.92. The summed E-state index contributed by atoms with van der Waals surface area (Å²) in [6.07, 6.45) is 1.32. The quantitative estimate of drug-likeness (QED) is 0.735. The smallest absolute Gasteiger partial charge is 0.276 e. The number of carbonyl (C=O) groups excluding carboxylic acids is 1. The maximum Gasteiger partial charge on any atom is 0.276 e. The zero-order valence-corrected chi connectivity index (χ0v) is 13.1. The van der Waals surface area contributed by atoms with Gasteiger partial charge in [-0.05, 0) is 12.5 Å². The van der Waals surface area contributed by atoms with Crippen molar-refractivity contribution in [2.45, 2.75) is 18.8 Å². The van der Waals surface area contributed by atoms with Gasteiger partial charge < -0.3 is 13.9 Å². The van der Waals surface area contributed by atoms with Crippen LogP contribution in [0.2, 0.25) is 0 Å². The molecule has 122 valence electrons. The van der Waals surface area contributed by atoms with Gasteiger partial charge in [0, 0.05) is 31.0 Å². The van der Waals surface area contributed by atoms with Gasteiger partial charge in [-0.2, -0.15) is 4.98 Å². The third-order valence-electron chi connectivity index (χ3n) is 4.39. The largest absolute Gasteiger partial charge is 0.361 e. The molecule has 1 aliphatic rings. The van der Waals surface area contributed by atoms with Crippen molar-refractivity contribution in [3.8, 4) is 0 Å². The minimum absolute atomic E-state index is 0.0110. The van der Waals surface area contributed by atoms with Gasteiger partial charge in [-0.3, -0.25) is 4.79 Å². The summed E-state index contributed by atoms with van der Waals surface area (Å²) in [6.45, 7) is 2.86. The molecule has 0 spiro atoms. The van der Waals surface area contributed by atoms with Crippen LogP contribution in [-0.4, -0.2) is 39.2 Å². The fraction of sp³-hybridized carbons (Fsp3) is 0.294. The molecule has 2 unspecified atom stereocenters.